The van der Waals surface area contributed by atoms with Gasteiger partial charge in [-0.25, -0.2) is 0 Å². The van der Waals surface area contributed by atoms with Crippen molar-refractivity contribution in [3.8, 4) is 5.75 Å². The van der Waals surface area contributed by atoms with Crippen LogP contribution in [0, 0.1) is 0 Å². The first-order valence-corrected chi connectivity index (χ1v) is 9.05. The van der Waals surface area contributed by atoms with Gasteiger partial charge in [-0.3, -0.25) is 4.79 Å². The van der Waals surface area contributed by atoms with Crippen molar-refractivity contribution in [3.05, 3.63) is 54.1 Å². The van der Waals surface area contributed by atoms with Crippen LogP contribution in [0.3, 0.4) is 0 Å². The third kappa shape index (κ3) is 3.32. The van der Waals surface area contributed by atoms with Crippen LogP contribution < -0.4 is 10.1 Å². The number of rotatable bonds is 3. The Balaban J connectivity index is 1.64. The number of amides is 1. The molecule has 1 fully saturated rings. The van der Waals surface area contributed by atoms with Gasteiger partial charge in [0.15, 0.2) is 0 Å². The minimum absolute atomic E-state index is 0.0450. The Morgan fingerprint density at radius 1 is 0.880 bits per heavy atom. The molecule has 128 valence electrons. The van der Waals surface area contributed by atoms with Gasteiger partial charge in [-0.15, -0.1) is 0 Å². The Morgan fingerprint density at radius 3 is 2.28 bits per heavy atom. The normalized spacial score (nSPS) is 15.4. The molecule has 1 amide bonds. The van der Waals surface area contributed by atoms with E-state index in [0.717, 1.165) is 45.7 Å². The summed E-state index contributed by atoms with van der Waals surface area (Å²) in [6.07, 6.45) is 5.94. The Labute approximate surface area is 148 Å². The second-order valence-electron chi connectivity index (χ2n) is 6.94. The molecule has 25 heavy (non-hydrogen) atoms. The lowest BCUT2D eigenvalue weighted by molar-refractivity contribution is 0.0928. The van der Waals surface area contributed by atoms with Gasteiger partial charge in [-0.05, 0) is 70.8 Å². The van der Waals surface area contributed by atoms with Gasteiger partial charge in [-0.2, -0.15) is 0 Å². The number of carbonyl (C=O) groups excluding carboxylic acids is 1. The number of nitrogens with one attached hydrogen (secondary N) is 1. The minimum atomic E-state index is 0.0450. The van der Waals surface area contributed by atoms with Crippen molar-refractivity contribution in [2.75, 3.05) is 7.11 Å². The van der Waals surface area contributed by atoms with Crippen LogP contribution in [-0.4, -0.2) is 19.1 Å². The lowest BCUT2D eigenvalue weighted by Crippen LogP contribution is -2.36. The van der Waals surface area contributed by atoms with Crippen molar-refractivity contribution in [2.24, 2.45) is 0 Å². The average Bonchev–Trinajstić information content (AvgIpc) is 2.66. The molecule has 0 heterocycles. The van der Waals surface area contributed by atoms with E-state index in [9.17, 15) is 4.79 Å². The van der Waals surface area contributed by atoms with Crippen LogP contribution in [0.2, 0.25) is 0 Å². The quantitative estimate of drug-likeness (QED) is 0.680. The SMILES string of the molecule is COc1ccc2cc3cc(C(=O)NC4CCCCC4)ccc3cc2c1. The largest absolute Gasteiger partial charge is 0.497 e. The molecular weight excluding hydrogens is 310 g/mol. The number of methoxy groups -OCH3 is 1. The molecule has 1 aliphatic rings. The fourth-order valence-electron chi connectivity index (χ4n) is 3.76. The van der Waals surface area contributed by atoms with Crippen LogP contribution in [0.15, 0.2) is 48.5 Å². The van der Waals surface area contributed by atoms with Gasteiger partial charge < -0.3 is 10.1 Å². The molecule has 0 spiro atoms. The van der Waals surface area contributed by atoms with Crippen molar-refractivity contribution < 1.29 is 9.53 Å². The fraction of sp³-hybridized carbons (Fsp3) is 0.318. The summed E-state index contributed by atoms with van der Waals surface area (Å²) >= 11 is 0. The fourth-order valence-corrected chi connectivity index (χ4v) is 3.76. The number of carbonyl (C=O) groups is 1. The summed E-state index contributed by atoms with van der Waals surface area (Å²) in [4.78, 5) is 12.6. The lowest BCUT2D eigenvalue weighted by Gasteiger charge is -2.22. The molecule has 0 aromatic heterocycles. The maximum absolute atomic E-state index is 12.6. The molecule has 3 aromatic rings. The minimum Gasteiger partial charge on any atom is -0.497 e. The number of fused-ring (bicyclic) bond motifs is 2. The molecule has 3 heteroatoms. The Hall–Kier alpha value is -2.55. The molecule has 0 saturated heterocycles. The predicted molar refractivity (Wildman–Crippen MR) is 102 cm³/mol. The smallest absolute Gasteiger partial charge is 0.251 e. The first-order valence-electron chi connectivity index (χ1n) is 9.05. The highest BCUT2D eigenvalue weighted by atomic mass is 16.5. The van der Waals surface area contributed by atoms with Crippen molar-refractivity contribution >= 4 is 27.5 Å². The van der Waals surface area contributed by atoms with Gasteiger partial charge in [-0.1, -0.05) is 31.4 Å². The Bertz CT molecular complexity index is 926. The number of hydrogen-bond donors (Lipinski definition) is 1. The zero-order chi connectivity index (χ0) is 17.2. The first-order chi connectivity index (χ1) is 12.2. The molecule has 0 atom stereocenters. The number of hydrogen-bond acceptors (Lipinski definition) is 2. The predicted octanol–water partition coefficient (Wildman–Crippen LogP) is 5.06. The van der Waals surface area contributed by atoms with Gasteiger partial charge >= 0.3 is 0 Å². The maximum atomic E-state index is 12.6. The molecule has 0 unspecified atom stereocenters. The summed E-state index contributed by atoms with van der Waals surface area (Å²) in [5, 5.41) is 7.72. The van der Waals surface area contributed by atoms with E-state index in [1.165, 1.54) is 19.3 Å². The summed E-state index contributed by atoms with van der Waals surface area (Å²) in [7, 11) is 1.68. The summed E-state index contributed by atoms with van der Waals surface area (Å²) in [5.41, 5.74) is 0.742. The van der Waals surface area contributed by atoms with Crippen molar-refractivity contribution in [1.29, 1.82) is 0 Å². The van der Waals surface area contributed by atoms with E-state index in [2.05, 4.69) is 23.5 Å². The molecule has 1 aliphatic carbocycles. The summed E-state index contributed by atoms with van der Waals surface area (Å²) < 4.78 is 5.30. The monoisotopic (exact) mass is 333 g/mol. The van der Waals surface area contributed by atoms with Crippen LogP contribution in [-0.2, 0) is 0 Å². The van der Waals surface area contributed by atoms with Gasteiger partial charge in [0.25, 0.3) is 5.91 Å². The Morgan fingerprint density at radius 2 is 1.56 bits per heavy atom. The van der Waals surface area contributed by atoms with E-state index in [-0.39, 0.29) is 5.91 Å². The standard InChI is InChI=1S/C22H23NO2/c1-25-21-10-9-16-11-18-13-17(8-7-15(18)12-19(16)14-21)22(24)23-20-5-3-2-4-6-20/h7-14,20H,2-6H2,1H3,(H,23,24). The van der Waals surface area contributed by atoms with E-state index in [1.807, 2.05) is 30.3 Å². The van der Waals surface area contributed by atoms with E-state index >= 15 is 0 Å². The summed E-state index contributed by atoms with van der Waals surface area (Å²) in [6.45, 7) is 0. The van der Waals surface area contributed by atoms with Crippen molar-refractivity contribution in [1.82, 2.24) is 5.32 Å². The van der Waals surface area contributed by atoms with Crippen LogP contribution >= 0.6 is 0 Å². The molecule has 0 aliphatic heterocycles. The van der Waals surface area contributed by atoms with Gasteiger partial charge in [0.1, 0.15) is 5.75 Å². The molecule has 3 aromatic carbocycles. The van der Waals surface area contributed by atoms with Crippen LogP contribution in [0.1, 0.15) is 42.5 Å². The second-order valence-corrected chi connectivity index (χ2v) is 6.94. The van der Waals surface area contributed by atoms with Gasteiger partial charge in [0, 0.05) is 11.6 Å². The van der Waals surface area contributed by atoms with Gasteiger partial charge in [0.2, 0.25) is 0 Å². The van der Waals surface area contributed by atoms with E-state index in [1.54, 1.807) is 7.11 Å². The average molecular weight is 333 g/mol. The number of benzene rings is 3. The zero-order valence-corrected chi connectivity index (χ0v) is 14.5. The zero-order valence-electron chi connectivity index (χ0n) is 14.5. The van der Waals surface area contributed by atoms with Crippen LogP contribution in [0.4, 0.5) is 0 Å². The molecule has 3 nitrogen and oxygen atoms in total. The highest BCUT2D eigenvalue weighted by Crippen LogP contribution is 2.27. The highest BCUT2D eigenvalue weighted by Gasteiger charge is 2.16. The number of ether oxygens (including phenoxy) is 1. The first kappa shape index (κ1) is 15.9. The molecule has 0 bridgehead atoms. The second kappa shape index (κ2) is 6.75. The van der Waals surface area contributed by atoms with Crippen molar-refractivity contribution in [3.63, 3.8) is 0 Å². The molecule has 4 rings (SSSR count). The third-order valence-corrected chi connectivity index (χ3v) is 5.21. The van der Waals surface area contributed by atoms with E-state index < -0.39 is 0 Å². The molecule has 1 saturated carbocycles. The van der Waals surface area contributed by atoms with Gasteiger partial charge in [0.05, 0.1) is 7.11 Å². The topological polar surface area (TPSA) is 38.3 Å². The highest BCUT2D eigenvalue weighted by molar-refractivity contribution is 6.03. The van der Waals surface area contributed by atoms with Crippen LogP contribution in [0.25, 0.3) is 21.5 Å². The van der Waals surface area contributed by atoms with Crippen LogP contribution in [0.5, 0.6) is 5.75 Å². The van der Waals surface area contributed by atoms with E-state index in [4.69, 9.17) is 4.74 Å². The lowest BCUT2D eigenvalue weighted by atomic mass is 9.95. The summed E-state index contributed by atoms with van der Waals surface area (Å²) in [6, 6.07) is 16.6. The maximum Gasteiger partial charge on any atom is 0.251 e. The molecular formula is C22H23NO2. The van der Waals surface area contributed by atoms with Crippen molar-refractivity contribution in [2.45, 2.75) is 38.1 Å². The molecule has 0 radical (unpaired) electrons. The third-order valence-electron chi connectivity index (χ3n) is 5.21. The van der Waals surface area contributed by atoms with E-state index in [0.29, 0.717) is 6.04 Å². The Kier molecular flexibility index (Phi) is 4.31. The molecule has 1 N–H and O–H groups in total. The summed E-state index contributed by atoms with van der Waals surface area (Å²) in [5.74, 6) is 0.902.